The van der Waals surface area contributed by atoms with Crippen LogP contribution in [0.5, 0.6) is 0 Å². The van der Waals surface area contributed by atoms with E-state index in [9.17, 15) is 4.79 Å². The summed E-state index contributed by atoms with van der Waals surface area (Å²) in [5.74, 6) is 0.639. The number of carbonyl (C=O) groups excluding carboxylic acids is 1. The van der Waals surface area contributed by atoms with Gasteiger partial charge in [0.05, 0.1) is 12.6 Å². The van der Waals surface area contributed by atoms with Crippen molar-refractivity contribution in [3.63, 3.8) is 0 Å². The Balaban J connectivity index is 4.15. The van der Waals surface area contributed by atoms with Crippen LogP contribution in [0.3, 0.4) is 0 Å². The molecule has 3 nitrogen and oxygen atoms in total. The molecule has 1 amide bonds. The van der Waals surface area contributed by atoms with Crippen molar-refractivity contribution in [2.24, 2.45) is 17.8 Å². The first-order valence-electron chi connectivity index (χ1n) is 5.31. The number of carbonyl (C=O) groups is 1. The quantitative estimate of drug-likeness (QED) is 0.706. The maximum Gasteiger partial charge on any atom is 0.223 e. The van der Waals surface area contributed by atoms with Crippen molar-refractivity contribution in [3.8, 4) is 0 Å². The van der Waals surface area contributed by atoms with E-state index in [4.69, 9.17) is 5.11 Å². The lowest BCUT2D eigenvalue weighted by atomic mass is 9.96. The van der Waals surface area contributed by atoms with E-state index in [1.807, 2.05) is 34.6 Å². The molecule has 0 aromatic heterocycles. The minimum Gasteiger partial charge on any atom is -0.394 e. The molecule has 0 bridgehead atoms. The lowest BCUT2D eigenvalue weighted by Crippen LogP contribution is -2.44. The van der Waals surface area contributed by atoms with Crippen molar-refractivity contribution < 1.29 is 9.90 Å². The first-order valence-corrected chi connectivity index (χ1v) is 5.31. The lowest BCUT2D eigenvalue weighted by Gasteiger charge is -2.23. The molecule has 0 spiro atoms. The highest BCUT2D eigenvalue weighted by molar-refractivity contribution is 5.78. The molecule has 2 N–H and O–H groups in total. The Morgan fingerprint density at radius 3 is 1.93 bits per heavy atom. The van der Waals surface area contributed by atoms with Gasteiger partial charge >= 0.3 is 0 Å². The number of aliphatic hydroxyl groups excluding tert-OH is 1. The number of aliphatic hydroxyl groups is 1. The van der Waals surface area contributed by atoms with Gasteiger partial charge in [-0.3, -0.25) is 4.79 Å². The lowest BCUT2D eigenvalue weighted by molar-refractivity contribution is -0.127. The summed E-state index contributed by atoms with van der Waals surface area (Å²) in [5.41, 5.74) is 0. The Morgan fingerprint density at radius 2 is 1.64 bits per heavy atom. The van der Waals surface area contributed by atoms with Gasteiger partial charge in [-0.25, -0.2) is 0 Å². The zero-order valence-corrected chi connectivity index (χ0v) is 9.87. The zero-order chi connectivity index (χ0) is 11.3. The fraction of sp³-hybridized carbons (Fsp3) is 0.909. The molecule has 0 aliphatic heterocycles. The second-order valence-corrected chi connectivity index (χ2v) is 4.57. The van der Waals surface area contributed by atoms with E-state index in [-0.39, 0.29) is 30.4 Å². The third kappa shape index (κ3) is 4.09. The van der Waals surface area contributed by atoms with Crippen molar-refractivity contribution in [3.05, 3.63) is 0 Å². The molecule has 0 aliphatic carbocycles. The number of rotatable bonds is 5. The number of hydrogen-bond acceptors (Lipinski definition) is 2. The summed E-state index contributed by atoms with van der Waals surface area (Å²) in [5, 5.41) is 11.9. The Morgan fingerprint density at radius 1 is 1.14 bits per heavy atom. The SMILES string of the molecule is CC(C)C(CO)NC(=O)C(C)C(C)C. The van der Waals surface area contributed by atoms with Crippen molar-refractivity contribution >= 4 is 5.91 Å². The average Bonchev–Trinajstić information content (AvgIpc) is 2.11. The first-order chi connectivity index (χ1) is 6.40. The highest BCUT2D eigenvalue weighted by Crippen LogP contribution is 2.10. The molecule has 0 rings (SSSR count). The van der Waals surface area contributed by atoms with Gasteiger partial charge in [-0.15, -0.1) is 0 Å². The minimum absolute atomic E-state index is 0.00259. The number of hydrogen-bond donors (Lipinski definition) is 2. The summed E-state index contributed by atoms with van der Waals surface area (Å²) >= 11 is 0. The van der Waals surface area contributed by atoms with E-state index in [0.717, 1.165) is 0 Å². The molecular formula is C11H23NO2. The van der Waals surface area contributed by atoms with E-state index < -0.39 is 0 Å². The van der Waals surface area contributed by atoms with Crippen molar-refractivity contribution in [2.45, 2.75) is 40.7 Å². The summed E-state index contributed by atoms with van der Waals surface area (Å²) in [6.45, 7) is 9.94. The molecule has 84 valence electrons. The van der Waals surface area contributed by atoms with Crippen LogP contribution in [0.4, 0.5) is 0 Å². The van der Waals surface area contributed by atoms with Crippen LogP contribution in [-0.4, -0.2) is 23.7 Å². The van der Waals surface area contributed by atoms with Gasteiger partial charge in [-0.2, -0.15) is 0 Å². The minimum atomic E-state index is -0.122. The monoisotopic (exact) mass is 201 g/mol. The van der Waals surface area contributed by atoms with Crippen LogP contribution in [0.1, 0.15) is 34.6 Å². The first kappa shape index (κ1) is 13.4. The predicted molar refractivity (Wildman–Crippen MR) is 57.9 cm³/mol. The molecule has 3 heteroatoms. The summed E-state index contributed by atoms with van der Waals surface area (Å²) in [7, 11) is 0. The van der Waals surface area contributed by atoms with Gasteiger partial charge in [0.15, 0.2) is 0 Å². The van der Waals surface area contributed by atoms with Crippen LogP contribution >= 0.6 is 0 Å². The molecule has 0 heterocycles. The van der Waals surface area contributed by atoms with E-state index in [1.165, 1.54) is 0 Å². The Bertz CT molecular complexity index is 178. The molecule has 0 aliphatic rings. The van der Waals surface area contributed by atoms with Crippen LogP contribution in [0.15, 0.2) is 0 Å². The van der Waals surface area contributed by atoms with Crippen molar-refractivity contribution in [1.29, 1.82) is 0 Å². The summed E-state index contributed by atoms with van der Waals surface area (Å²) in [6.07, 6.45) is 0. The van der Waals surface area contributed by atoms with Crippen molar-refractivity contribution in [1.82, 2.24) is 5.32 Å². The standard InChI is InChI=1S/C11H23NO2/c1-7(2)9(5)11(14)12-10(6-13)8(3)4/h7-10,13H,6H2,1-5H3,(H,12,14). The smallest absolute Gasteiger partial charge is 0.223 e. The van der Waals surface area contributed by atoms with E-state index >= 15 is 0 Å². The van der Waals surface area contributed by atoms with Gasteiger partial charge in [0.1, 0.15) is 0 Å². The molecule has 0 saturated carbocycles. The molecule has 0 fully saturated rings. The molecule has 0 aromatic rings. The largest absolute Gasteiger partial charge is 0.394 e. The van der Waals surface area contributed by atoms with Gasteiger partial charge in [0.2, 0.25) is 5.91 Å². The fourth-order valence-corrected chi connectivity index (χ4v) is 1.04. The maximum atomic E-state index is 11.6. The van der Waals surface area contributed by atoms with Gasteiger partial charge in [0.25, 0.3) is 0 Å². The van der Waals surface area contributed by atoms with Crippen LogP contribution in [-0.2, 0) is 4.79 Å². The summed E-state index contributed by atoms with van der Waals surface area (Å²) in [6, 6.07) is -0.122. The van der Waals surface area contributed by atoms with Crippen molar-refractivity contribution in [2.75, 3.05) is 6.61 Å². The van der Waals surface area contributed by atoms with Crippen LogP contribution in [0, 0.1) is 17.8 Å². The molecular weight excluding hydrogens is 178 g/mol. The fourth-order valence-electron chi connectivity index (χ4n) is 1.04. The van der Waals surface area contributed by atoms with E-state index in [2.05, 4.69) is 5.32 Å². The average molecular weight is 201 g/mol. The second kappa shape index (κ2) is 6.02. The van der Waals surface area contributed by atoms with Crippen LogP contribution in [0.25, 0.3) is 0 Å². The summed E-state index contributed by atoms with van der Waals surface area (Å²) in [4.78, 5) is 11.6. The number of nitrogens with one attached hydrogen (secondary N) is 1. The van der Waals surface area contributed by atoms with E-state index in [0.29, 0.717) is 5.92 Å². The normalized spacial score (nSPS) is 15.7. The third-order valence-electron chi connectivity index (χ3n) is 2.74. The molecule has 2 atom stereocenters. The second-order valence-electron chi connectivity index (χ2n) is 4.57. The topological polar surface area (TPSA) is 49.3 Å². The Kier molecular flexibility index (Phi) is 5.77. The molecule has 0 radical (unpaired) electrons. The Labute approximate surface area is 86.9 Å². The predicted octanol–water partition coefficient (Wildman–Crippen LogP) is 1.41. The third-order valence-corrected chi connectivity index (χ3v) is 2.74. The molecule has 0 aromatic carbocycles. The van der Waals surface area contributed by atoms with E-state index in [1.54, 1.807) is 0 Å². The van der Waals surface area contributed by atoms with Gasteiger partial charge in [-0.05, 0) is 11.8 Å². The highest BCUT2D eigenvalue weighted by Gasteiger charge is 2.21. The Hall–Kier alpha value is -0.570. The molecule has 2 unspecified atom stereocenters. The van der Waals surface area contributed by atoms with Gasteiger partial charge in [0, 0.05) is 5.92 Å². The molecule has 14 heavy (non-hydrogen) atoms. The maximum absolute atomic E-state index is 11.6. The van der Waals surface area contributed by atoms with Crippen LogP contribution < -0.4 is 5.32 Å². The summed E-state index contributed by atoms with van der Waals surface area (Å²) < 4.78 is 0. The zero-order valence-electron chi connectivity index (χ0n) is 9.87. The molecule has 0 saturated heterocycles. The van der Waals surface area contributed by atoms with Gasteiger partial charge < -0.3 is 10.4 Å². The van der Waals surface area contributed by atoms with Gasteiger partial charge in [-0.1, -0.05) is 34.6 Å². The number of amides is 1. The van der Waals surface area contributed by atoms with Crippen LogP contribution in [0.2, 0.25) is 0 Å². The highest BCUT2D eigenvalue weighted by atomic mass is 16.3.